The minimum atomic E-state index is 0.337. The molecule has 0 aliphatic carbocycles. The smallest absolute Gasteiger partial charge is 0.203 e. The Labute approximate surface area is 206 Å². The van der Waals surface area contributed by atoms with E-state index in [1.165, 1.54) is 22.5 Å². The van der Waals surface area contributed by atoms with E-state index in [-0.39, 0.29) is 0 Å². The average Bonchev–Trinajstić information content (AvgIpc) is 3.07. The van der Waals surface area contributed by atoms with Crippen LogP contribution in [-0.2, 0) is 13.1 Å². The van der Waals surface area contributed by atoms with Crippen molar-refractivity contribution in [3.05, 3.63) is 40.8 Å². The lowest BCUT2D eigenvalue weighted by atomic mass is 10.0. The van der Waals surface area contributed by atoms with E-state index in [9.17, 15) is 0 Å². The van der Waals surface area contributed by atoms with Crippen LogP contribution in [0.5, 0.6) is 0 Å². The summed E-state index contributed by atoms with van der Waals surface area (Å²) in [7, 11) is 2.14. The van der Waals surface area contributed by atoms with Gasteiger partial charge in [-0.25, -0.2) is 9.97 Å². The molecule has 0 saturated carbocycles. The van der Waals surface area contributed by atoms with Gasteiger partial charge in [0.05, 0.1) is 6.54 Å². The van der Waals surface area contributed by atoms with E-state index in [0.29, 0.717) is 17.0 Å². The Kier molecular flexibility index (Phi) is 7.33. The van der Waals surface area contributed by atoms with Gasteiger partial charge in [0.15, 0.2) is 0 Å². The number of benzene rings is 1. The summed E-state index contributed by atoms with van der Waals surface area (Å²) in [4.78, 5) is 14.7. The Morgan fingerprint density at radius 2 is 1.97 bits per heavy atom. The second-order valence-corrected chi connectivity index (χ2v) is 10.9. The van der Waals surface area contributed by atoms with Crippen molar-refractivity contribution in [2.75, 3.05) is 42.6 Å². The van der Waals surface area contributed by atoms with Crippen molar-refractivity contribution in [2.45, 2.75) is 53.6 Å². The maximum Gasteiger partial charge on any atom is 0.203 e. The number of aromatic nitrogens is 4. The highest BCUT2D eigenvalue weighted by Gasteiger charge is 2.23. The van der Waals surface area contributed by atoms with Crippen LogP contribution in [-0.4, -0.2) is 51.7 Å². The van der Waals surface area contributed by atoms with E-state index in [1.807, 2.05) is 0 Å². The van der Waals surface area contributed by atoms with Gasteiger partial charge in [0.2, 0.25) is 5.13 Å². The first-order valence-corrected chi connectivity index (χ1v) is 12.8. The standard InChI is InChI=1S/C25H36N8S/c1-15(2)12-32(6)14-21-28-17(5)22(16(3)4)23(29-21)33-10-9-27-20-8-7-18(11-19(20)13-33)24-30-31-25(26)34-24/h7-8,11,15-16,27H,9-10,12-14H2,1-6H3,(H2,26,31). The molecule has 8 nitrogen and oxygen atoms in total. The van der Waals surface area contributed by atoms with Gasteiger partial charge in [-0.15, -0.1) is 10.2 Å². The van der Waals surface area contributed by atoms with Gasteiger partial charge < -0.3 is 16.0 Å². The molecule has 34 heavy (non-hydrogen) atoms. The molecule has 9 heteroatoms. The summed E-state index contributed by atoms with van der Waals surface area (Å²) in [6.07, 6.45) is 0. The fourth-order valence-electron chi connectivity index (χ4n) is 4.71. The first kappa shape index (κ1) is 24.3. The maximum atomic E-state index is 5.82. The van der Waals surface area contributed by atoms with Crippen LogP contribution in [0.2, 0.25) is 0 Å². The largest absolute Gasteiger partial charge is 0.383 e. The molecule has 3 heterocycles. The Balaban J connectivity index is 1.69. The number of nitrogens with two attached hydrogens (primary N) is 1. The Bertz CT molecular complexity index is 1140. The highest BCUT2D eigenvalue weighted by molar-refractivity contribution is 7.18. The molecular formula is C25H36N8S. The van der Waals surface area contributed by atoms with Gasteiger partial charge in [-0.05, 0) is 49.6 Å². The number of nitrogen functional groups attached to an aromatic ring is 1. The monoisotopic (exact) mass is 480 g/mol. The van der Waals surface area contributed by atoms with Gasteiger partial charge in [-0.1, -0.05) is 39.0 Å². The molecule has 1 aliphatic heterocycles. The molecule has 4 rings (SSSR count). The average molecular weight is 481 g/mol. The molecule has 0 bridgehead atoms. The zero-order chi connectivity index (χ0) is 24.4. The SMILES string of the molecule is Cc1nc(CN(C)CC(C)C)nc(N2CCNc3ccc(-c4nnc(N)s4)cc3C2)c1C(C)C. The van der Waals surface area contributed by atoms with E-state index in [2.05, 4.69) is 85.2 Å². The second kappa shape index (κ2) is 10.2. The lowest BCUT2D eigenvalue weighted by molar-refractivity contribution is 0.281. The van der Waals surface area contributed by atoms with Crippen LogP contribution in [0.1, 0.15) is 56.3 Å². The third kappa shape index (κ3) is 5.47. The van der Waals surface area contributed by atoms with Crippen LogP contribution in [0.25, 0.3) is 10.6 Å². The molecule has 0 unspecified atom stereocenters. The first-order valence-electron chi connectivity index (χ1n) is 12.0. The lowest BCUT2D eigenvalue weighted by Crippen LogP contribution is -2.30. The van der Waals surface area contributed by atoms with Crippen molar-refractivity contribution < 1.29 is 0 Å². The number of nitrogens with one attached hydrogen (secondary N) is 1. The number of aryl methyl sites for hydroxylation is 1. The molecule has 0 radical (unpaired) electrons. The van der Waals surface area contributed by atoms with Crippen molar-refractivity contribution in [2.24, 2.45) is 5.92 Å². The number of hydrogen-bond donors (Lipinski definition) is 2. The molecular weight excluding hydrogens is 444 g/mol. The molecule has 0 atom stereocenters. The molecule has 182 valence electrons. The van der Waals surface area contributed by atoms with Crippen molar-refractivity contribution in [1.82, 2.24) is 25.1 Å². The van der Waals surface area contributed by atoms with Crippen molar-refractivity contribution >= 4 is 28.0 Å². The molecule has 0 spiro atoms. The van der Waals surface area contributed by atoms with Gasteiger partial charge >= 0.3 is 0 Å². The molecule has 0 fully saturated rings. The quantitative estimate of drug-likeness (QED) is 0.509. The van der Waals surface area contributed by atoms with Crippen molar-refractivity contribution in [3.8, 4) is 10.6 Å². The second-order valence-electron chi connectivity index (χ2n) is 9.87. The van der Waals surface area contributed by atoms with Crippen LogP contribution < -0.4 is 16.0 Å². The molecule has 0 amide bonds. The molecule has 3 aromatic rings. The number of anilines is 3. The van der Waals surface area contributed by atoms with Crippen LogP contribution in [0.15, 0.2) is 18.2 Å². The van der Waals surface area contributed by atoms with Crippen molar-refractivity contribution in [3.63, 3.8) is 0 Å². The van der Waals surface area contributed by atoms with E-state index < -0.39 is 0 Å². The number of fused-ring (bicyclic) bond motifs is 1. The number of rotatable bonds is 7. The summed E-state index contributed by atoms with van der Waals surface area (Å²) < 4.78 is 0. The normalized spacial score (nSPS) is 14.0. The lowest BCUT2D eigenvalue weighted by Gasteiger charge is -2.28. The Hall–Kier alpha value is -2.78. The minimum Gasteiger partial charge on any atom is -0.383 e. The summed E-state index contributed by atoms with van der Waals surface area (Å²) in [5, 5.41) is 13.1. The summed E-state index contributed by atoms with van der Waals surface area (Å²) in [6.45, 7) is 15.3. The first-order chi connectivity index (χ1) is 16.2. The van der Waals surface area contributed by atoms with Crippen LogP contribution in [0.3, 0.4) is 0 Å². The predicted molar refractivity (Wildman–Crippen MR) is 141 cm³/mol. The van der Waals surface area contributed by atoms with E-state index in [1.54, 1.807) is 0 Å². The minimum absolute atomic E-state index is 0.337. The molecule has 0 saturated heterocycles. The predicted octanol–water partition coefficient (Wildman–Crippen LogP) is 4.53. The molecule has 1 aliphatic rings. The summed E-state index contributed by atoms with van der Waals surface area (Å²) >= 11 is 1.41. The highest BCUT2D eigenvalue weighted by atomic mass is 32.1. The zero-order valence-electron chi connectivity index (χ0n) is 21.1. The summed E-state index contributed by atoms with van der Waals surface area (Å²) in [5.74, 6) is 2.88. The van der Waals surface area contributed by atoms with Gasteiger partial charge in [0.25, 0.3) is 0 Å². The molecule has 2 aromatic heterocycles. The highest BCUT2D eigenvalue weighted by Crippen LogP contribution is 2.34. The van der Waals surface area contributed by atoms with Gasteiger partial charge in [-0.2, -0.15) is 0 Å². The molecule has 1 aromatic carbocycles. The molecule has 3 N–H and O–H groups in total. The third-order valence-electron chi connectivity index (χ3n) is 5.98. The van der Waals surface area contributed by atoms with Crippen molar-refractivity contribution in [1.29, 1.82) is 0 Å². The Morgan fingerprint density at radius 3 is 2.65 bits per heavy atom. The van der Waals surface area contributed by atoms with E-state index in [0.717, 1.165) is 66.3 Å². The van der Waals surface area contributed by atoms with Gasteiger partial charge in [0, 0.05) is 48.7 Å². The van der Waals surface area contributed by atoms with E-state index >= 15 is 0 Å². The fraction of sp³-hybridized carbons (Fsp3) is 0.520. The van der Waals surface area contributed by atoms with Crippen LogP contribution in [0, 0.1) is 12.8 Å². The number of hydrogen-bond acceptors (Lipinski definition) is 9. The third-order valence-corrected chi connectivity index (χ3v) is 6.78. The fourth-order valence-corrected chi connectivity index (χ4v) is 5.32. The topological polar surface area (TPSA) is 96.1 Å². The van der Waals surface area contributed by atoms with Crippen LogP contribution in [0.4, 0.5) is 16.6 Å². The van der Waals surface area contributed by atoms with Crippen LogP contribution >= 0.6 is 11.3 Å². The van der Waals surface area contributed by atoms with Gasteiger partial charge in [-0.3, -0.25) is 4.90 Å². The van der Waals surface area contributed by atoms with Gasteiger partial charge in [0.1, 0.15) is 16.6 Å². The van der Waals surface area contributed by atoms with E-state index in [4.69, 9.17) is 15.7 Å². The summed E-state index contributed by atoms with van der Waals surface area (Å²) in [5.41, 5.74) is 11.5. The number of nitrogens with zero attached hydrogens (tertiary/aromatic N) is 6. The maximum absolute atomic E-state index is 5.82. The zero-order valence-corrected chi connectivity index (χ0v) is 21.9. The Morgan fingerprint density at radius 1 is 1.18 bits per heavy atom. The summed E-state index contributed by atoms with van der Waals surface area (Å²) in [6, 6.07) is 6.41.